The van der Waals surface area contributed by atoms with E-state index in [1.54, 1.807) is 12.1 Å². The Labute approximate surface area is 156 Å². The molecule has 1 aliphatic rings. The van der Waals surface area contributed by atoms with Crippen LogP contribution in [0.15, 0.2) is 83.1 Å². The summed E-state index contributed by atoms with van der Waals surface area (Å²) >= 11 is 0. The van der Waals surface area contributed by atoms with Crippen molar-refractivity contribution in [1.82, 2.24) is 4.90 Å². The first-order chi connectivity index (χ1) is 13.1. The molecule has 0 atom stereocenters. The average molecular weight is 358 g/mol. The van der Waals surface area contributed by atoms with Crippen molar-refractivity contribution in [3.05, 3.63) is 95.6 Å². The first-order valence-corrected chi connectivity index (χ1v) is 8.65. The van der Waals surface area contributed by atoms with Crippen LogP contribution in [0.5, 0.6) is 0 Å². The number of aryl methyl sites for hydroxylation is 1. The van der Waals surface area contributed by atoms with Crippen molar-refractivity contribution in [3.63, 3.8) is 0 Å². The second-order valence-electron chi connectivity index (χ2n) is 6.38. The van der Waals surface area contributed by atoms with Crippen LogP contribution in [0.1, 0.15) is 16.9 Å². The molecule has 0 aliphatic carbocycles. The fraction of sp³-hybridized carbons (Fsp3) is 0.0909. The van der Waals surface area contributed by atoms with E-state index in [2.05, 4.69) is 5.32 Å². The van der Waals surface area contributed by atoms with Gasteiger partial charge in [0.2, 0.25) is 0 Å². The Balaban J connectivity index is 1.73. The number of rotatable bonds is 5. The van der Waals surface area contributed by atoms with Gasteiger partial charge in [0, 0.05) is 5.69 Å². The zero-order valence-corrected chi connectivity index (χ0v) is 14.8. The number of amides is 2. The summed E-state index contributed by atoms with van der Waals surface area (Å²) in [6.07, 6.45) is 1.53. The summed E-state index contributed by atoms with van der Waals surface area (Å²) in [7, 11) is 0. The van der Waals surface area contributed by atoms with E-state index in [-0.39, 0.29) is 24.1 Å². The van der Waals surface area contributed by atoms with Crippen molar-refractivity contribution >= 4 is 23.1 Å². The van der Waals surface area contributed by atoms with Crippen molar-refractivity contribution < 1.29 is 14.0 Å². The van der Waals surface area contributed by atoms with E-state index in [1.807, 2.05) is 61.5 Å². The summed E-state index contributed by atoms with van der Waals surface area (Å²) in [4.78, 5) is 27.3. The molecular weight excluding hydrogens is 340 g/mol. The maximum atomic E-state index is 13.1. The Bertz CT molecular complexity index is 1000. The van der Waals surface area contributed by atoms with Crippen LogP contribution in [0.2, 0.25) is 0 Å². The summed E-state index contributed by atoms with van der Waals surface area (Å²) in [6, 6.07) is 20.4. The maximum Gasteiger partial charge on any atom is 0.278 e. The van der Waals surface area contributed by atoms with Crippen molar-refractivity contribution in [2.24, 2.45) is 0 Å². The zero-order valence-electron chi connectivity index (χ0n) is 14.8. The lowest BCUT2D eigenvalue weighted by Crippen LogP contribution is -2.31. The number of nitrogens with zero attached hydrogens (tertiary/aromatic N) is 1. The minimum atomic E-state index is -0.365. The molecule has 1 N–H and O–H groups in total. The van der Waals surface area contributed by atoms with Gasteiger partial charge in [-0.05, 0) is 36.8 Å². The van der Waals surface area contributed by atoms with Crippen LogP contribution in [-0.2, 0) is 16.1 Å². The first kappa shape index (κ1) is 16.8. The molecule has 0 saturated heterocycles. The minimum absolute atomic E-state index is 0.0973. The molecule has 5 heteroatoms. The molecule has 1 aromatic heterocycles. The van der Waals surface area contributed by atoms with Crippen molar-refractivity contribution in [1.29, 1.82) is 0 Å². The van der Waals surface area contributed by atoms with Crippen molar-refractivity contribution in [3.8, 4) is 0 Å². The van der Waals surface area contributed by atoms with E-state index in [1.165, 1.54) is 11.2 Å². The molecule has 5 nitrogen and oxygen atoms in total. The minimum Gasteiger partial charge on any atom is -0.467 e. The van der Waals surface area contributed by atoms with Crippen molar-refractivity contribution in [2.45, 2.75) is 13.5 Å². The van der Waals surface area contributed by atoms with E-state index in [0.717, 1.165) is 11.3 Å². The predicted molar refractivity (Wildman–Crippen MR) is 102 cm³/mol. The van der Waals surface area contributed by atoms with Gasteiger partial charge in [0.1, 0.15) is 11.5 Å². The number of hydrogen-bond donors (Lipinski definition) is 1. The van der Waals surface area contributed by atoms with Gasteiger partial charge in [0.15, 0.2) is 0 Å². The van der Waals surface area contributed by atoms with E-state index in [9.17, 15) is 9.59 Å². The van der Waals surface area contributed by atoms with Crippen LogP contribution in [0.25, 0.3) is 5.57 Å². The lowest BCUT2D eigenvalue weighted by Gasteiger charge is -2.13. The van der Waals surface area contributed by atoms with E-state index in [4.69, 9.17) is 4.42 Å². The molecule has 2 heterocycles. The SMILES string of the molecule is Cc1ccc(NC2=C(c3ccccc3)C(=O)N(Cc3ccco3)C2=O)cc1. The summed E-state index contributed by atoms with van der Waals surface area (Å²) in [5, 5.41) is 3.14. The number of hydrogen-bond acceptors (Lipinski definition) is 4. The van der Waals surface area contributed by atoms with Crippen LogP contribution in [0.3, 0.4) is 0 Å². The Morgan fingerprint density at radius 3 is 2.30 bits per heavy atom. The number of benzene rings is 2. The fourth-order valence-corrected chi connectivity index (χ4v) is 3.05. The maximum absolute atomic E-state index is 13.1. The molecule has 0 unspecified atom stereocenters. The quantitative estimate of drug-likeness (QED) is 0.701. The molecular formula is C22H18N2O3. The zero-order chi connectivity index (χ0) is 18.8. The van der Waals surface area contributed by atoms with Crippen LogP contribution in [0, 0.1) is 6.92 Å². The third-order valence-electron chi connectivity index (χ3n) is 4.45. The van der Waals surface area contributed by atoms with Crippen LogP contribution >= 0.6 is 0 Å². The fourth-order valence-electron chi connectivity index (χ4n) is 3.05. The number of carbonyl (C=O) groups is 2. The Morgan fingerprint density at radius 1 is 0.889 bits per heavy atom. The third kappa shape index (κ3) is 3.27. The van der Waals surface area contributed by atoms with Gasteiger partial charge in [-0.1, -0.05) is 48.0 Å². The van der Waals surface area contributed by atoms with Gasteiger partial charge in [-0.25, -0.2) is 0 Å². The molecule has 0 spiro atoms. The summed E-state index contributed by atoms with van der Waals surface area (Å²) < 4.78 is 5.31. The highest BCUT2D eigenvalue weighted by Gasteiger charge is 2.39. The molecule has 27 heavy (non-hydrogen) atoms. The lowest BCUT2D eigenvalue weighted by atomic mass is 10.0. The second kappa shape index (κ2) is 6.96. The Kier molecular flexibility index (Phi) is 4.34. The normalized spacial score (nSPS) is 14.2. The van der Waals surface area contributed by atoms with Gasteiger partial charge >= 0.3 is 0 Å². The standard InChI is InChI=1S/C22H18N2O3/c1-15-9-11-17(12-10-15)23-20-19(16-6-3-2-4-7-16)21(25)24(22(20)26)14-18-8-5-13-27-18/h2-13,23H,14H2,1H3. The van der Waals surface area contributed by atoms with Crippen LogP contribution < -0.4 is 5.32 Å². The second-order valence-corrected chi connectivity index (χ2v) is 6.38. The predicted octanol–water partition coefficient (Wildman–Crippen LogP) is 3.98. The topological polar surface area (TPSA) is 62.6 Å². The summed E-state index contributed by atoms with van der Waals surface area (Å²) in [5.74, 6) is -0.145. The van der Waals surface area contributed by atoms with Crippen molar-refractivity contribution in [2.75, 3.05) is 5.32 Å². The molecule has 134 valence electrons. The summed E-state index contributed by atoms with van der Waals surface area (Å²) in [6.45, 7) is 2.09. The molecule has 0 radical (unpaired) electrons. The number of imide groups is 1. The Morgan fingerprint density at radius 2 is 1.63 bits per heavy atom. The number of anilines is 1. The van der Waals surface area contributed by atoms with Gasteiger partial charge in [-0.2, -0.15) is 0 Å². The molecule has 0 fully saturated rings. The molecule has 4 rings (SSSR count). The molecule has 2 amide bonds. The van der Waals surface area contributed by atoms with E-state index >= 15 is 0 Å². The summed E-state index contributed by atoms with van der Waals surface area (Å²) in [5.41, 5.74) is 3.22. The molecule has 2 aromatic carbocycles. The van der Waals surface area contributed by atoms with E-state index < -0.39 is 0 Å². The van der Waals surface area contributed by atoms with Gasteiger partial charge in [-0.3, -0.25) is 14.5 Å². The smallest absolute Gasteiger partial charge is 0.278 e. The van der Waals surface area contributed by atoms with Gasteiger partial charge in [0.05, 0.1) is 18.4 Å². The molecule has 1 aliphatic heterocycles. The largest absolute Gasteiger partial charge is 0.467 e. The number of furan rings is 1. The highest BCUT2D eigenvalue weighted by atomic mass is 16.3. The highest BCUT2D eigenvalue weighted by Crippen LogP contribution is 2.31. The number of carbonyl (C=O) groups excluding carboxylic acids is 2. The van der Waals surface area contributed by atoms with Gasteiger partial charge in [0.25, 0.3) is 11.8 Å². The third-order valence-corrected chi connectivity index (χ3v) is 4.45. The van der Waals surface area contributed by atoms with Crippen LogP contribution in [0.4, 0.5) is 5.69 Å². The Hall–Kier alpha value is -3.60. The van der Waals surface area contributed by atoms with Gasteiger partial charge in [-0.15, -0.1) is 0 Å². The number of nitrogens with one attached hydrogen (secondary N) is 1. The monoisotopic (exact) mass is 358 g/mol. The average Bonchev–Trinajstić information content (AvgIpc) is 3.27. The first-order valence-electron chi connectivity index (χ1n) is 8.65. The van der Waals surface area contributed by atoms with Crippen LogP contribution in [-0.4, -0.2) is 16.7 Å². The molecule has 0 saturated carbocycles. The molecule has 3 aromatic rings. The highest BCUT2D eigenvalue weighted by molar-refractivity contribution is 6.36. The lowest BCUT2D eigenvalue weighted by molar-refractivity contribution is -0.137. The molecule has 0 bridgehead atoms. The van der Waals surface area contributed by atoms with E-state index in [0.29, 0.717) is 16.9 Å². The van der Waals surface area contributed by atoms with Gasteiger partial charge < -0.3 is 9.73 Å².